The molecule has 164 valence electrons. The second-order valence-corrected chi connectivity index (χ2v) is 8.50. The lowest BCUT2D eigenvalue weighted by atomic mass is 9.99. The molecule has 0 bridgehead atoms. The van der Waals surface area contributed by atoms with E-state index in [9.17, 15) is 14.7 Å². The zero-order valence-corrected chi connectivity index (χ0v) is 19.0. The molecule has 6 nitrogen and oxygen atoms in total. The van der Waals surface area contributed by atoms with Gasteiger partial charge in [0.25, 0.3) is 11.7 Å². The van der Waals surface area contributed by atoms with Crippen molar-refractivity contribution >= 4 is 34.5 Å². The van der Waals surface area contributed by atoms with Gasteiger partial charge in [-0.1, -0.05) is 12.1 Å². The topological polar surface area (TPSA) is 76.1 Å². The number of aryl methyl sites for hydroxylation is 2. The van der Waals surface area contributed by atoms with E-state index in [-0.39, 0.29) is 11.3 Å². The van der Waals surface area contributed by atoms with E-state index in [1.54, 1.807) is 18.2 Å². The molecule has 1 fully saturated rings. The number of ether oxygens (including phenoxy) is 2. The highest BCUT2D eigenvalue weighted by molar-refractivity contribution is 7.10. The maximum absolute atomic E-state index is 13.2. The third-order valence-electron chi connectivity index (χ3n) is 5.68. The van der Waals surface area contributed by atoms with Gasteiger partial charge in [-0.05, 0) is 66.8 Å². The quantitative estimate of drug-likeness (QED) is 0.337. The summed E-state index contributed by atoms with van der Waals surface area (Å²) in [5, 5.41) is 13.1. The molecule has 1 unspecified atom stereocenters. The summed E-state index contributed by atoms with van der Waals surface area (Å²) >= 11 is 1.42. The Morgan fingerprint density at radius 1 is 0.969 bits per heavy atom. The Labute approximate surface area is 190 Å². The molecule has 1 saturated heterocycles. The highest BCUT2D eigenvalue weighted by Gasteiger charge is 2.47. The van der Waals surface area contributed by atoms with E-state index in [4.69, 9.17) is 9.47 Å². The van der Waals surface area contributed by atoms with Crippen molar-refractivity contribution in [3.63, 3.8) is 0 Å². The van der Waals surface area contributed by atoms with Gasteiger partial charge in [-0.2, -0.15) is 0 Å². The van der Waals surface area contributed by atoms with Crippen molar-refractivity contribution in [2.75, 3.05) is 19.1 Å². The van der Waals surface area contributed by atoms with Gasteiger partial charge in [-0.25, -0.2) is 0 Å². The van der Waals surface area contributed by atoms with Crippen LogP contribution in [0.3, 0.4) is 0 Å². The normalized spacial score (nSPS) is 17.6. The van der Waals surface area contributed by atoms with E-state index >= 15 is 0 Å². The number of hydrogen-bond donors (Lipinski definition) is 1. The first-order valence-corrected chi connectivity index (χ1v) is 10.9. The fourth-order valence-electron chi connectivity index (χ4n) is 3.83. The van der Waals surface area contributed by atoms with Gasteiger partial charge in [0.15, 0.2) is 11.5 Å². The average Bonchev–Trinajstić information content (AvgIpc) is 3.42. The number of carbonyl (C=O) groups is 2. The number of aliphatic hydroxyl groups excluding tert-OH is 1. The minimum absolute atomic E-state index is 0.0443. The third kappa shape index (κ3) is 3.54. The number of benzene rings is 2. The van der Waals surface area contributed by atoms with Gasteiger partial charge in [0.1, 0.15) is 11.8 Å². The van der Waals surface area contributed by atoms with Crippen LogP contribution >= 0.6 is 11.3 Å². The van der Waals surface area contributed by atoms with Crippen LogP contribution in [-0.2, 0) is 9.59 Å². The van der Waals surface area contributed by atoms with Gasteiger partial charge in [-0.15, -0.1) is 11.3 Å². The number of nitrogens with zero attached hydrogens (tertiary/aromatic N) is 1. The first-order valence-electron chi connectivity index (χ1n) is 10.0. The Balaban J connectivity index is 1.91. The van der Waals surface area contributed by atoms with E-state index in [0.717, 1.165) is 16.0 Å². The van der Waals surface area contributed by atoms with Gasteiger partial charge in [0.2, 0.25) is 0 Å². The third-order valence-corrected chi connectivity index (χ3v) is 6.61. The standard InChI is InChI=1S/C25H23NO5S/c1-14-7-9-17(12-15(14)2)26-22(20-6-5-11-32-20)21(24(28)25(26)29)23(27)16-8-10-18(30-3)19(13-16)31-4/h5-13,22,27H,1-4H3/b23-21-. The SMILES string of the molecule is COc1ccc(/C(O)=C2/C(=O)C(=O)N(c3ccc(C)c(C)c3)C2c2cccs2)cc1OC. The fourth-order valence-corrected chi connectivity index (χ4v) is 4.65. The average molecular weight is 450 g/mol. The van der Waals surface area contributed by atoms with Crippen LogP contribution in [0.5, 0.6) is 11.5 Å². The number of aliphatic hydroxyl groups is 1. The summed E-state index contributed by atoms with van der Waals surface area (Å²) in [6.45, 7) is 3.94. The zero-order valence-electron chi connectivity index (χ0n) is 18.2. The number of methoxy groups -OCH3 is 2. The van der Waals surface area contributed by atoms with Crippen LogP contribution in [0.15, 0.2) is 59.5 Å². The molecular weight excluding hydrogens is 426 g/mol. The van der Waals surface area contributed by atoms with Crippen molar-refractivity contribution in [2.45, 2.75) is 19.9 Å². The summed E-state index contributed by atoms with van der Waals surface area (Å²) in [4.78, 5) is 28.6. The second-order valence-electron chi connectivity index (χ2n) is 7.52. The van der Waals surface area contributed by atoms with Crippen LogP contribution in [0.4, 0.5) is 5.69 Å². The lowest BCUT2D eigenvalue weighted by molar-refractivity contribution is -0.132. The molecule has 32 heavy (non-hydrogen) atoms. The Kier molecular flexibility index (Phi) is 5.76. The number of thiophene rings is 1. The number of ketones is 1. The maximum atomic E-state index is 13.2. The van der Waals surface area contributed by atoms with E-state index < -0.39 is 17.7 Å². The van der Waals surface area contributed by atoms with Crippen LogP contribution < -0.4 is 14.4 Å². The molecule has 2 heterocycles. The summed E-state index contributed by atoms with van der Waals surface area (Å²) in [6, 6.07) is 13.5. The van der Waals surface area contributed by atoms with Crippen LogP contribution in [0.25, 0.3) is 5.76 Å². The Bertz CT molecular complexity index is 1230. The number of hydrogen-bond acceptors (Lipinski definition) is 6. The first kappa shape index (κ1) is 21.6. The van der Waals surface area contributed by atoms with Crippen molar-refractivity contribution < 1.29 is 24.2 Å². The number of carbonyl (C=O) groups excluding carboxylic acids is 2. The number of rotatable bonds is 5. The number of anilines is 1. The van der Waals surface area contributed by atoms with E-state index in [1.807, 2.05) is 49.6 Å². The van der Waals surface area contributed by atoms with E-state index in [2.05, 4.69) is 0 Å². The highest BCUT2D eigenvalue weighted by Crippen LogP contribution is 2.44. The molecule has 4 rings (SSSR count). The fraction of sp³-hybridized carbons (Fsp3) is 0.200. The van der Waals surface area contributed by atoms with Crippen molar-refractivity contribution in [2.24, 2.45) is 0 Å². The Morgan fingerprint density at radius 2 is 1.72 bits per heavy atom. The van der Waals surface area contributed by atoms with Crippen LogP contribution in [0.2, 0.25) is 0 Å². The van der Waals surface area contributed by atoms with Crippen LogP contribution in [0, 0.1) is 13.8 Å². The van der Waals surface area contributed by atoms with E-state index in [1.165, 1.54) is 30.5 Å². The van der Waals surface area contributed by atoms with E-state index in [0.29, 0.717) is 22.7 Å². The highest BCUT2D eigenvalue weighted by atomic mass is 32.1. The van der Waals surface area contributed by atoms with Crippen LogP contribution in [0.1, 0.15) is 27.6 Å². The molecule has 0 radical (unpaired) electrons. The summed E-state index contributed by atoms with van der Waals surface area (Å²) in [6.07, 6.45) is 0. The van der Waals surface area contributed by atoms with Gasteiger partial charge >= 0.3 is 0 Å². The number of amides is 1. The largest absolute Gasteiger partial charge is 0.507 e. The molecular formula is C25H23NO5S. The molecule has 1 N–H and O–H groups in total. The van der Waals surface area contributed by atoms with Crippen molar-refractivity contribution in [3.05, 3.63) is 81.1 Å². The molecule has 1 aliphatic heterocycles. The maximum Gasteiger partial charge on any atom is 0.300 e. The summed E-state index contributed by atoms with van der Waals surface area (Å²) in [7, 11) is 3.01. The Morgan fingerprint density at radius 3 is 2.34 bits per heavy atom. The molecule has 0 saturated carbocycles. The number of Topliss-reactive ketones (excluding diaryl/α,β-unsaturated/α-hetero) is 1. The predicted molar refractivity (Wildman–Crippen MR) is 125 cm³/mol. The zero-order chi connectivity index (χ0) is 23.0. The molecule has 1 amide bonds. The smallest absolute Gasteiger partial charge is 0.300 e. The molecule has 1 aromatic heterocycles. The second kappa shape index (κ2) is 8.51. The Hall–Kier alpha value is -3.58. The molecule has 2 aromatic carbocycles. The molecule has 7 heteroatoms. The van der Waals surface area contributed by atoms with Gasteiger partial charge in [-0.3, -0.25) is 14.5 Å². The van der Waals surface area contributed by atoms with Crippen molar-refractivity contribution in [3.8, 4) is 11.5 Å². The summed E-state index contributed by atoms with van der Waals surface area (Å²) < 4.78 is 10.6. The van der Waals surface area contributed by atoms with Gasteiger partial charge in [0.05, 0.1) is 19.8 Å². The molecule has 0 spiro atoms. The van der Waals surface area contributed by atoms with Crippen LogP contribution in [-0.4, -0.2) is 31.0 Å². The van der Waals surface area contributed by atoms with Crippen molar-refractivity contribution in [1.29, 1.82) is 0 Å². The van der Waals surface area contributed by atoms with Gasteiger partial charge in [0, 0.05) is 16.1 Å². The molecule has 1 atom stereocenters. The monoisotopic (exact) mass is 449 g/mol. The lowest BCUT2D eigenvalue weighted by Gasteiger charge is -2.25. The molecule has 0 aliphatic carbocycles. The predicted octanol–water partition coefficient (Wildman–Crippen LogP) is 5.01. The molecule has 1 aliphatic rings. The first-order chi connectivity index (χ1) is 15.4. The van der Waals surface area contributed by atoms with Gasteiger partial charge < -0.3 is 14.6 Å². The lowest BCUT2D eigenvalue weighted by Crippen LogP contribution is -2.29. The minimum atomic E-state index is -0.731. The summed E-state index contributed by atoms with van der Waals surface area (Å²) in [5.41, 5.74) is 3.11. The van der Waals surface area contributed by atoms with Crippen molar-refractivity contribution in [1.82, 2.24) is 0 Å². The molecule has 3 aromatic rings. The minimum Gasteiger partial charge on any atom is -0.507 e. The summed E-state index contributed by atoms with van der Waals surface area (Å²) in [5.74, 6) is -0.751.